The van der Waals surface area contributed by atoms with Crippen molar-refractivity contribution in [2.45, 2.75) is 12.5 Å². The van der Waals surface area contributed by atoms with E-state index in [1.54, 1.807) is 24.3 Å². The molecule has 1 aliphatic rings. The molecular weight excluding hydrogens is 368 g/mol. The lowest BCUT2D eigenvalue weighted by Crippen LogP contribution is -2.33. The third-order valence-electron chi connectivity index (χ3n) is 5.05. The monoisotopic (exact) mass is 386 g/mol. The summed E-state index contributed by atoms with van der Waals surface area (Å²) in [6.45, 7) is 2.02. The lowest BCUT2D eigenvalue weighted by molar-refractivity contribution is -0.128. The number of aryl methyl sites for hydroxylation is 1. The molecule has 138 valence electrons. The Morgan fingerprint density at radius 3 is 2.18 bits per heavy atom. The fraction of sp³-hybridized carbons (Fsp3) is 0.0800. The Balaban J connectivity index is 1.91. The molecule has 0 aliphatic heterocycles. The maximum atomic E-state index is 13.0. The number of carbonyl (C=O) groups is 1. The number of benzene rings is 3. The number of carbonyl (C=O) groups excluding carboxylic acids is 1. The van der Waals surface area contributed by atoms with Gasteiger partial charge < -0.3 is 5.11 Å². The predicted molar refractivity (Wildman–Crippen MR) is 114 cm³/mol. The number of rotatable bonds is 3. The van der Waals surface area contributed by atoms with Crippen LogP contribution in [0.5, 0.6) is 0 Å². The zero-order valence-electron chi connectivity index (χ0n) is 15.4. The molecule has 1 aliphatic carbocycles. The van der Waals surface area contributed by atoms with Crippen LogP contribution in [0.25, 0.3) is 11.6 Å². The van der Waals surface area contributed by atoms with Gasteiger partial charge in [0.15, 0.2) is 11.4 Å². The lowest BCUT2D eigenvalue weighted by Gasteiger charge is -2.26. The van der Waals surface area contributed by atoms with Gasteiger partial charge in [-0.25, -0.2) is 0 Å². The lowest BCUT2D eigenvalue weighted by atomic mass is 9.82. The summed E-state index contributed by atoms with van der Waals surface area (Å²) >= 11 is 6.01. The number of halogens is 1. The Morgan fingerprint density at radius 2 is 1.54 bits per heavy atom. The highest BCUT2D eigenvalue weighted by Crippen LogP contribution is 2.45. The van der Waals surface area contributed by atoms with Crippen molar-refractivity contribution in [2.75, 3.05) is 0 Å². The van der Waals surface area contributed by atoms with E-state index in [1.165, 1.54) is 6.08 Å². The van der Waals surface area contributed by atoms with Gasteiger partial charge in [-0.15, -0.1) is 0 Å². The molecule has 2 nitrogen and oxygen atoms in total. The molecule has 0 aromatic heterocycles. The number of hydrogen-bond donors (Lipinski definition) is 1. The van der Waals surface area contributed by atoms with Crippen LogP contribution in [-0.2, 0) is 10.4 Å². The van der Waals surface area contributed by atoms with Crippen LogP contribution < -0.4 is 0 Å². The minimum absolute atomic E-state index is 0.355. The third-order valence-corrected chi connectivity index (χ3v) is 5.30. The van der Waals surface area contributed by atoms with Crippen molar-refractivity contribution in [3.8, 4) is 0 Å². The van der Waals surface area contributed by atoms with Gasteiger partial charge in [-0.1, -0.05) is 83.9 Å². The third kappa shape index (κ3) is 3.22. The Morgan fingerprint density at radius 1 is 0.893 bits per heavy atom. The maximum Gasteiger partial charge on any atom is 0.197 e. The molecule has 1 atom stereocenters. The smallest absolute Gasteiger partial charge is 0.197 e. The van der Waals surface area contributed by atoms with E-state index in [4.69, 9.17) is 11.6 Å². The number of ketones is 1. The van der Waals surface area contributed by atoms with Crippen LogP contribution in [0, 0.1) is 6.92 Å². The summed E-state index contributed by atoms with van der Waals surface area (Å²) in [6, 6.07) is 24.4. The van der Waals surface area contributed by atoms with Gasteiger partial charge in [0.05, 0.1) is 0 Å². The molecule has 1 N–H and O–H groups in total. The van der Waals surface area contributed by atoms with Gasteiger partial charge in [-0.3, -0.25) is 4.79 Å². The quantitative estimate of drug-likeness (QED) is 0.637. The van der Waals surface area contributed by atoms with E-state index < -0.39 is 5.60 Å². The molecule has 0 amide bonds. The normalized spacial score (nSPS) is 20.5. The van der Waals surface area contributed by atoms with Gasteiger partial charge in [0.1, 0.15) is 0 Å². The van der Waals surface area contributed by atoms with Crippen LogP contribution in [-0.4, -0.2) is 10.9 Å². The fourth-order valence-electron chi connectivity index (χ4n) is 3.50. The first-order valence-electron chi connectivity index (χ1n) is 9.07. The van der Waals surface area contributed by atoms with Crippen molar-refractivity contribution < 1.29 is 9.90 Å². The summed E-state index contributed by atoms with van der Waals surface area (Å²) in [5.41, 5.74) is 3.00. The molecule has 0 saturated heterocycles. The topological polar surface area (TPSA) is 37.3 Å². The van der Waals surface area contributed by atoms with Crippen LogP contribution in [0.2, 0.25) is 5.02 Å². The van der Waals surface area contributed by atoms with Crippen LogP contribution in [0.15, 0.2) is 90.5 Å². The van der Waals surface area contributed by atoms with Gasteiger partial charge in [0.2, 0.25) is 0 Å². The van der Waals surface area contributed by atoms with Crippen LogP contribution >= 0.6 is 11.6 Å². The highest BCUT2D eigenvalue weighted by Gasteiger charge is 2.46. The molecule has 0 fully saturated rings. The summed E-state index contributed by atoms with van der Waals surface area (Å²) in [7, 11) is 0. The van der Waals surface area contributed by atoms with Gasteiger partial charge in [-0.05, 0) is 53.5 Å². The largest absolute Gasteiger partial charge is 0.373 e. The van der Waals surface area contributed by atoms with Crippen LogP contribution in [0.3, 0.4) is 0 Å². The molecule has 0 spiro atoms. The maximum absolute atomic E-state index is 13.0. The summed E-state index contributed by atoms with van der Waals surface area (Å²) < 4.78 is 0. The summed E-state index contributed by atoms with van der Waals surface area (Å²) in [5.74, 6) is -0.355. The first kappa shape index (κ1) is 18.4. The summed E-state index contributed by atoms with van der Waals surface area (Å²) in [6.07, 6.45) is 3.42. The van der Waals surface area contributed by atoms with Gasteiger partial charge in [0, 0.05) is 10.6 Å². The van der Waals surface area contributed by atoms with Gasteiger partial charge in [-0.2, -0.15) is 0 Å². The van der Waals surface area contributed by atoms with Crippen LogP contribution in [0.1, 0.15) is 22.3 Å². The van der Waals surface area contributed by atoms with E-state index in [9.17, 15) is 9.90 Å². The fourth-order valence-corrected chi connectivity index (χ4v) is 3.62. The predicted octanol–water partition coefficient (Wildman–Crippen LogP) is 5.59. The highest BCUT2D eigenvalue weighted by atomic mass is 35.5. The molecule has 1 unspecified atom stereocenters. The van der Waals surface area contributed by atoms with E-state index in [2.05, 4.69) is 0 Å². The molecule has 3 heteroatoms. The van der Waals surface area contributed by atoms with Crippen molar-refractivity contribution in [3.05, 3.63) is 118 Å². The van der Waals surface area contributed by atoms with E-state index in [0.717, 1.165) is 22.3 Å². The molecule has 0 bridgehead atoms. The Kier molecular flexibility index (Phi) is 4.76. The molecule has 0 saturated carbocycles. The van der Waals surface area contributed by atoms with Gasteiger partial charge >= 0.3 is 0 Å². The molecular formula is C25H19ClO2. The van der Waals surface area contributed by atoms with Crippen molar-refractivity contribution in [1.29, 1.82) is 0 Å². The number of aliphatic hydroxyl groups is 1. The first-order chi connectivity index (χ1) is 13.5. The molecule has 3 aromatic rings. The average molecular weight is 387 g/mol. The highest BCUT2D eigenvalue weighted by molar-refractivity contribution is 6.30. The molecule has 3 aromatic carbocycles. The molecule has 0 heterocycles. The average Bonchev–Trinajstić information content (AvgIpc) is 2.96. The Bertz CT molecular complexity index is 1080. The van der Waals surface area contributed by atoms with Crippen molar-refractivity contribution >= 4 is 29.0 Å². The second kappa shape index (κ2) is 7.23. The summed E-state index contributed by atoms with van der Waals surface area (Å²) in [5, 5.41) is 12.2. The van der Waals surface area contributed by atoms with Gasteiger partial charge in [0.25, 0.3) is 0 Å². The minimum atomic E-state index is -1.75. The zero-order chi connectivity index (χ0) is 19.7. The first-order valence-corrected chi connectivity index (χ1v) is 9.45. The van der Waals surface area contributed by atoms with Crippen molar-refractivity contribution in [3.63, 3.8) is 0 Å². The van der Waals surface area contributed by atoms with E-state index in [-0.39, 0.29) is 5.78 Å². The molecule has 0 radical (unpaired) electrons. The van der Waals surface area contributed by atoms with Crippen molar-refractivity contribution in [2.24, 2.45) is 0 Å². The Hall–Kier alpha value is -2.94. The van der Waals surface area contributed by atoms with E-state index >= 15 is 0 Å². The zero-order valence-corrected chi connectivity index (χ0v) is 16.1. The Labute approximate surface area is 169 Å². The summed E-state index contributed by atoms with van der Waals surface area (Å²) in [4.78, 5) is 13.0. The minimum Gasteiger partial charge on any atom is -0.373 e. The standard InChI is InChI=1S/C25H19ClO2/c1-17-7-9-18(10-8-17)15-23-22(19-5-3-2-4-6-19)16-24(27)25(23,28)20-11-13-21(26)14-12-20/h2-16,28H,1H3/b23-15-. The van der Waals surface area contributed by atoms with E-state index in [0.29, 0.717) is 16.2 Å². The second-order valence-electron chi connectivity index (χ2n) is 6.97. The SMILES string of the molecule is Cc1ccc(/C=C2/C(c3ccccc3)=CC(=O)C2(O)c2ccc(Cl)cc2)cc1. The number of hydrogen-bond acceptors (Lipinski definition) is 2. The second-order valence-corrected chi connectivity index (χ2v) is 7.41. The van der Waals surface area contributed by atoms with Crippen molar-refractivity contribution in [1.82, 2.24) is 0 Å². The van der Waals surface area contributed by atoms with E-state index in [1.807, 2.05) is 67.6 Å². The molecule has 28 heavy (non-hydrogen) atoms. The van der Waals surface area contributed by atoms with Crippen LogP contribution in [0.4, 0.5) is 0 Å². The molecule has 4 rings (SSSR count).